The van der Waals surface area contributed by atoms with Gasteiger partial charge in [0.25, 0.3) is 0 Å². The van der Waals surface area contributed by atoms with Crippen LogP contribution in [0.2, 0.25) is 0 Å². The quantitative estimate of drug-likeness (QED) is 0.0427. The maximum Gasteiger partial charge on any atom is 2.00 e. The first kappa shape index (κ1) is 137. The van der Waals surface area contributed by atoms with Gasteiger partial charge in [0.1, 0.15) is 0 Å². The van der Waals surface area contributed by atoms with Crippen LogP contribution in [-0.4, -0.2) is 122 Å². The minimum Gasteiger partial charge on any atom is -0.550 e. The van der Waals surface area contributed by atoms with Crippen LogP contribution in [-0.2, 0) is 28.8 Å². The van der Waals surface area contributed by atoms with E-state index in [4.69, 9.17) is 10.2 Å². The topological polar surface area (TPSA) is 235 Å². The molecule has 2 N–H and O–H groups in total. The van der Waals surface area contributed by atoms with Crippen molar-refractivity contribution in [1.82, 2.24) is 0 Å². The zero-order valence-corrected chi connectivity index (χ0v) is 87.7. The van der Waals surface area contributed by atoms with Crippen LogP contribution in [0.3, 0.4) is 0 Å². The Labute approximate surface area is 821 Å². The summed E-state index contributed by atoms with van der Waals surface area (Å²) in [7, 11) is 0. The number of carboxylic acid groups (broad SMARTS) is 6. The Hall–Kier alpha value is -0.661. The molecule has 0 aliphatic heterocycles. The Balaban J connectivity index is -0.000000212. The normalized spacial score (nSPS) is 10.7. The number of rotatable bonds is 96. The number of carbonyl (C=O) groups is 6. The van der Waals surface area contributed by atoms with Gasteiger partial charge in [0.15, 0.2) is 0 Å². The van der Waals surface area contributed by atoms with Crippen molar-refractivity contribution in [2.24, 2.45) is 0 Å². The molecule has 0 aliphatic rings. The van der Waals surface area contributed by atoms with Crippen LogP contribution < -0.4 is 20.4 Å². The molecule has 0 spiro atoms. The third-order valence-electron chi connectivity index (χ3n) is 23.9. The van der Waals surface area contributed by atoms with E-state index in [2.05, 4.69) is 41.5 Å². The van der Waals surface area contributed by atoms with Gasteiger partial charge in [-0.15, -0.1) is 0 Å². The van der Waals surface area contributed by atoms with Gasteiger partial charge in [0.05, 0.1) is 0 Å². The summed E-state index contributed by atoms with van der Waals surface area (Å²) < 4.78 is 0. The average molecular weight is 1780 g/mol. The first-order valence-corrected chi connectivity index (χ1v) is 53.9. The van der Waals surface area contributed by atoms with Crippen molar-refractivity contribution in [3.8, 4) is 0 Å². The Kier molecular flexibility index (Phi) is 150. The van der Waals surface area contributed by atoms with Crippen molar-refractivity contribution < 1.29 is 59.4 Å². The summed E-state index contributed by atoms with van der Waals surface area (Å²) >= 11 is 0. The second-order valence-corrected chi connectivity index (χ2v) is 36.5. The molecule has 12 nitrogen and oxygen atoms in total. The summed E-state index contributed by atoms with van der Waals surface area (Å²) in [6.45, 7) is 13.6. The number of carboxylic acids is 6. The van der Waals surface area contributed by atoms with Crippen LogP contribution in [0.4, 0.5) is 0 Å². The SMILES string of the molecule is CCCCCCCCCCCCCCCCCC(=O)O.CCCCCCCCCCCCCCCCCC(=O)O.CCCCCCCCCCCCCCCCCC(=O)[O-].CCCCCCCCCCCCCCCCCC(=O)[O-].CCCCCCCCCCCCCCCCCC(=O)[O-].CCCCCCCCCCCCCCCCCC(=O)[O-].[Ca+2].[Ca+2]. The van der Waals surface area contributed by atoms with Crippen LogP contribution >= 0.6 is 0 Å². The zero-order chi connectivity index (χ0) is 89.3. The van der Waals surface area contributed by atoms with Crippen molar-refractivity contribution in [1.29, 1.82) is 0 Å². The molecular weight excluding hydrogens is 1570 g/mol. The number of carbonyl (C=O) groups excluding carboxylic acids is 4. The molecule has 0 heterocycles. The third-order valence-corrected chi connectivity index (χ3v) is 23.9. The standard InChI is InChI=1S/6C18H36O2.2Ca/c6*1-2-3-4-5-6-7-8-9-10-11-12-13-14-15-16-17-18(19)20;;/h6*2-17H2,1H3,(H,19,20);;/q;;;;;;2*+2/p-4. The first-order valence-electron chi connectivity index (χ1n) is 53.9. The largest absolute Gasteiger partial charge is 2.00 e. The second-order valence-electron chi connectivity index (χ2n) is 36.5. The molecule has 720 valence electrons. The van der Waals surface area contributed by atoms with Crippen molar-refractivity contribution >= 4 is 111 Å². The molecule has 0 radical (unpaired) electrons. The number of unbranched alkanes of at least 4 members (excludes halogenated alkanes) is 84. The van der Waals surface area contributed by atoms with Crippen LogP contribution in [0.5, 0.6) is 0 Å². The maximum absolute atomic E-state index is 10.3. The fourth-order valence-corrected chi connectivity index (χ4v) is 15.9. The minimum absolute atomic E-state index is 0. The van der Waals surface area contributed by atoms with Crippen LogP contribution in [0, 0.1) is 0 Å². The van der Waals surface area contributed by atoms with E-state index >= 15 is 0 Å². The summed E-state index contributed by atoms with van der Waals surface area (Å²) in [6, 6.07) is 0. The van der Waals surface area contributed by atoms with E-state index in [0.717, 1.165) is 77.0 Å². The Bertz CT molecular complexity index is 1570. The van der Waals surface area contributed by atoms with E-state index in [1.165, 1.54) is 501 Å². The molecule has 0 aromatic heterocycles. The van der Waals surface area contributed by atoms with Crippen LogP contribution in [0.1, 0.15) is 658 Å². The van der Waals surface area contributed by atoms with E-state index < -0.39 is 35.8 Å². The van der Waals surface area contributed by atoms with Gasteiger partial charge in [-0.05, 0) is 64.2 Å². The molecule has 0 rings (SSSR count). The Morgan fingerprint density at radius 1 is 0.131 bits per heavy atom. The van der Waals surface area contributed by atoms with Gasteiger partial charge in [0.2, 0.25) is 0 Å². The van der Waals surface area contributed by atoms with E-state index in [1.807, 2.05) is 0 Å². The minimum atomic E-state index is -0.903. The summed E-state index contributed by atoms with van der Waals surface area (Å²) in [5.74, 6) is -4.92. The van der Waals surface area contributed by atoms with Gasteiger partial charge in [-0.2, -0.15) is 0 Å². The molecule has 0 unspecified atom stereocenters. The van der Waals surface area contributed by atoms with Crippen molar-refractivity contribution in [3.63, 3.8) is 0 Å². The van der Waals surface area contributed by atoms with E-state index in [1.54, 1.807) is 0 Å². The van der Waals surface area contributed by atoms with E-state index in [9.17, 15) is 49.2 Å². The molecule has 0 aromatic rings. The van der Waals surface area contributed by atoms with Crippen molar-refractivity contribution in [2.45, 2.75) is 658 Å². The van der Waals surface area contributed by atoms with Gasteiger partial charge in [-0.1, -0.05) is 581 Å². The predicted octanol–water partition coefficient (Wildman–Crippen LogP) is 31.9. The molecule has 0 saturated heterocycles. The third kappa shape index (κ3) is 163. The number of aliphatic carboxylic acids is 6. The van der Waals surface area contributed by atoms with Crippen molar-refractivity contribution in [2.75, 3.05) is 0 Å². The van der Waals surface area contributed by atoms with Crippen LogP contribution in [0.15, 0.2) is 0 Å². The van der Waals surface area contributed by atoms with Gasteiger partial charge in [-0.3, -0.25) is 9.59 Å². The molecule has 0 aromatic carbocycles. The summed E-state index contributed by atoms with van der Waals surface area (Å²) in [5.41, 5.74) is 0. The Morgan fingerprint density at radius 2 is 0.197 bits per heavy atom. The molecule has 0 atom stereocenters. The number of hydrogen-bond donors (Lipinski definition) is 2. The second kappa shape index (κ2) is 133. The van der Waals surface area contributed by atoms with E-state index in [0.29, 0.717) is 12.8 Å². The fraction of sp³-hybridized carbons (Fsp3) is 0.944. The molecular formula is C108H212Ca2O12. The van der Waals surface area contributed by atoms with Gasteiger partial charge in [0, 0.05) is 36.7 Å². The molecule has 0 saturated carbocycles. The average Bonchev–Trinajstić information content (AvgIpc) is 1.20. The molecule has 0 bridgehead atoms. The fourth-order valence-electron chi connectivity index (χ4n) is 15.9. The van der Waals surface area contributed by atoms with Gasteiger partial charge < -0.3 is 49.8 Å². The summed E-state index contributed by atoms with van der Waals surface area (Å²) in [5, 5.41) is 57.9. The smallest absolute Gasteiger partial charge is 0.550 e. The number of hydrogen-bond acceptors (Lipinski definition) is 10. The summed E-state index contributed by atoms with van der Waals surface area (Å²) in [6.07, 6.45) is 120. The van der Waals surface area contributed by atoms with E-state index in [-0.39, 0.29) is 101 Å². The molecule has 0 aliphatic carbocycles. The first-order chi connectivity index (χ1) is 58.6. The van der Waals surface area contributed by atoms with Gasteiger partial charge in [-0.25, -0.2) is 0 Å². The van der Waals surface area contributed by atoms with Crippen molar-refractivity contribution in [3.05, 3.63) is 0 Å². The zero-order valence-electron chi connectivity index (χ0n) is 83.3. The monoisotopic (exact) mass is 1780 g/mol. The molecule has 0 fully saturated rings. The summed E-state index contributed by atoms with van der Waals surface area (Å²) in [4.78, 5) is 61.6. The van der Waals surface area contributed by atoms with Gasteiger partial charge >= 0.3 is 87.4 Å². The molecule has 0 amide bonds. The molecule has 14 heteroatoms. The predicted molar refractivity (Wildman–Crippen MR) is 524 cm³/mol. The molecule has 122 heavy (non-hydrogen) atoms. The maximum atomic E-state index is 10.3. The Morgan fingerprint density at radius 3 is 0.262 bits per heavy atom. The van der Waals surface area contributed by atoms with Crippen LogP contribution in [0.25, 0.3) is 0 Å².